The highest BCUT2D eigenvalue weighted by atomic mass is 16.2. The molecule has 0 atom stereocenters. The van der Waals surface area contributed by atoms with Crippen molar-refractivity contribution < 1.29 is 9.59 Å². The van der Waals surface area contributed by atoms with E-state index in [9.17, 15) is 9.59 Å². The van der Waals surface area contributed by atoms with Crippen molar-refractivity contribution in [3.05, 3.63) is 89.2 Å². The minimum absolute atomic E-state index is 0.106. The summed E-state index contributed by atoms with van der Waals surface area (Å²) in [5.74, 6) is -0.396. The van der Waals surface area contributed by atoms with Gasteiger partial charge in [-0.15, -0.1) is 0 Å². The van der Waals surface area contributed by atoms with Gasteiger partial charge in [0.1, 0.15) is 5.69 Å². The number of benzene rings is 2. The van der Waals surface area contributed by atoms with Crippen LogP contribution in [0.1, 0.15) is 33.7 Å². The number of rotatable bonds is 8. The second kappa shape index (κ2) is 9.33. The quantitative estimate of drug-likeness (QED) is 0.575. The Bertz CT molecular complexity index is 875. The van der Waals surface area contributed by atoms with E-state index in [4.69, 9.17) is 0 Å². The fourth-order valence-corrected chi connectivity index (χ4v) is 2.65. The Morgan fingerprint density at radius 2 is 1.56 bits per heavy atom. The Balaban J connectivity index is 1.39. The molecule has 0 unspecified atom stereocenters. The van der Waals surface area contributed by atoms with Crippen molar-refractivity contribution in [3.8, 4) is 0 Å². The average Bonchev–Trinajstić information content (AvgIpc) is 3.16. The average molecular weight is 362 g/mol. The lowest BCUT2D eigenvalue weighted by atomic mass is 10.1. The SMILES string of the molecule is O=C(CCNC(=O)c1cc(Cc2ccccc2)[nH]n1)NCc1ccccc1. The summed E-state index contributed by atoms with van der Waals surface area (Å²) < 4.78 is 0. The van der Waals surface area contributed by atoms with Gasteiger partial charge in [-0.05, 0) is 17.2 Å². The Kier molecular flexibility index (Phi) is 6.35. The number of hydrogen-bond acceptors (Lipinski definition) is 3. The molecule has 3 N–H and O–H groups in total. The van der Waals surface area contributed by atoms with Crippen molar-refractivity contribution in [1.82, 2.24) is 20.8 Å². The van der Waals surface area contributed by atoms with Crippen LogP contribution in [0, 0.1) is 0 Å². The predicted molar refractivity (Wildman–Crippen MR) is 103 cm³/mol. The standard InChI is InChI=1S/C21H22N4O2/c26-20(23-15-17-9-5-2-6-10-17)11-12-22-21(27)19-14-18(24-25-19)13-16-7-3-1-4-8-16/h1-10,14H,11-13,15H2,(H,22,27)(H,23,26)(H,24,25). The molecule has 0 aliphatic heterocycles. The molecular formula is C21H22N4O2. The normalized spacial score (nSPS) is 10.4. The number of nitrogens with one attached hydrogen (secondary N) is 3. The molecule has 6 nitrogen and oxygen atoms in total. The molecule has 138 valence electrons. The van der Waals surface area contributed by atoms with E-state index in [1.165, 1.54) is 0 Å². The summed E-state index contributed by atoms with van der Waals surface area (Å²) in [6.07, 6.45) is 0.906. The van der Waals surface area contributed by atoms with Crippen LogP contribution in [-0.2, 0) is 17.8 Å². The molecule has 3 rings (SSSR count). The number of carbonyl (C=O) groups excluding carboxylic acids is 2. The van der Waals surface area contributed by atoms with Gasteiger partial charge in [-0.2, -0.15) is 5.10 Å². The summed E-state index contributed by atoms with van der Waals surface area (Å²) in [5, 5.41) is 12.5. The first-order valence-electron chi connectivity index (χ1n) is 8.88. The molecule has 2 aromatic carbocycles. The van der Waals surface area contributed by atoms with E-state index < -0.39 is 0 Å². The maximum Gasteiger partial charge on any atom is 0.271 e. The lowest BCUT2D eigenvalue weighted by molar-refractivity contribution is -0.121. The minimum atomic E-state index is -0.290. The first kappa shape index (κ1) is 18.4. The minimum Gasteiger partial charge on any atom is -0.352 e. The number of nitrogens with zero attached hydrogens (tertiary/aromatic N) is 1. The zero-order valence-corrected chi connectivity index (χ0v) is 14.9. The van der Waals surface area contributed by atoms with Crippen LogP contribution < -0.4 is 10.6 Å². The van der Waals surface area contributed by atoms with Crippen LogP contribution in [0.4, 0.5) is 0 Å². The zero-order chi connectivity index (χ0) is 18.9. The maximum absolute atomic E-state index is 12.1. The molecule has 0 aliphatic carbocycles. The summed E-state index contributed by atoms with van der Waals surface area (Å²) in [5.41, 5.74) is 3.37. The third-order valence-electron chi connectivity index (χ3n) is 4.07. The fourth-order valence-electron chi connectivity index (χ4n) is 2.65. The summed E-state index contributed by atoms with van der Waals surface area (Å²) >= 11 is 0. The lowest BCUT2D eigenvalue weighted by Gasteiger charge is -2.06. The Labute approximate surface area is 158 Å². The molecule has 0 bridgehead atoms. The van der Waals surface area contributed by atoms with Gasteiger partial charge in [0, 0.05) is 31.6 Å². The van der Waals surface area contributed by atoms with Crippen molar-refractivity contribution in [2.45, 2.75) is 19.4 Å². The van der Waals surface area contributed by atoms with E-state index >= 15 is 0 Å². The number of hydrogen-bond donors (Lipinski definition) is 3. The highest BCUT2D eigenvalue weighted by Gasteiger charge is 2.11. The molecule has 0 saturated heterocycles. The van der Waals surface area contributed by atoms with Crippen LogP contribution in [0.3, 0.4) is 0 Å². The molecule has 0 saturated carbocycles. The van der Waals surface area contributed by atoms with E-state index in [2.05, 4.69) is 20.8 Å². The maximum atomic E-state index is 12.1. The van der Waals surface area contributed by atoms with E-state index in [0.717, 1.165) is 16.8 Å². The largest absolute Gasteiger partial charge is 0.352 e. The topological polar surface area (TPSA) is 86.9 Å². The second-order valence-electron chi connectivity index (χ2n) is 6.21. The van der Waals surface area contributed by atoms with Gasteiger partial charge in [0.05, 0.1) is 0 Å². The number of carbonyl (C=O) groups is 2. The molecule has 6 heteroatoms. The van der Waals surface area contributed by atoms with Crippen LogP contribution >= 0.6 is 0 Å². The molecule has 3 aromatic rings. The van der Waals surface area contributed by atoms with E-state index in [1.807, 2.05) is 60.7 Å². The summed E-state index contributed by atoms with van der Waals surface area (Å²) in [6.45, 7) is 0.746. The fraction of sp³-hybridized carbons (Fsp3) is 0.190. The molecule has 0 fully saturated rings. The van der Waals surface area contributed by atoms with Gasteiger partial charge < -0.3 is 10.6 Å². The van der Waals surface area contributed by atoms with Crippen LogP contribution in [0.5, 0.6) is 0 Å². The smallest absolute Gasteiger partial charge is 0.271 e. The molecule has 1 heterocycles. The van der Waals surface area contributed by atoms with Crippen molar-refractivity contribution >= 4 is 11.8 Å². The van der Waals surface area contributed by atoms with Crippen molar-refractivity contribution in [2.75, 3.05) is 6.54 Å². The van der Waals surface area contributed by atoms with Gasteiger partial charge in [-0.3, -0.25) is 14.7 Å². The molecule has 1 aromatic heterocycles. The second-order valence-corrected chi connectivity index (χ2v) is 6.21. The van der Waals surface area contributed by atoms with Crippen LogP contribution in [0.15, 0.2) is 66.7 Å². The van der Waals surface area contributed by atoms with Crippen LogP contribution in [0.2, 0.25) is 0 Å². The van der Waals surface area contributed by atoms with E-state index in [-0.39, 0.29) is 24.8 Å². The summed E-state index contributed by atoms with van der Waals surface area (Å²) in [6, 6.07) is 21.4. The monoisotopic (exact) mass is 362 g/mol. The van der Waals surface area contributed by atoms with Gasteiger partial charge in [-0.1, -0.05) is 60.7 Å². The summed E-state index contributed by atoms with van der Waals surface area (Å²) in [7, 11) is 0. The van der Waals surface area contributed by atoms with E-state index in [0.29, 0.717) is 18.7 Å². The van der Waals surface area contributed by atoms with Crippen LogP contribution in [-0.4, -0.2) is 28.6 Å². The van der Waals surface area contributed by atoms with Gasteiger partial charge in [0.15, 0.2) is 0 Å². The van der Waals surface area contributed by atoms with Crippen molar-refractivity contribution in [1.29, 1.82) is 0 Å². The van der Waals surface area contributed by atoms with Crippen molar-refractivity contribution in [2.24, 2.45) is 0 Å². The van der Waals surface area contributed by atoms with E-state index in [1.54, 1.807) is 6.07 Å². The number of aromatic nitrogens is 2. The molecule has 2 amide bonds. The predicted octanol–water partition coefficient (Wildman–Crippen LogP) is 2.44. The highest BCUT2D eigenvalue weighted by Crippen LogP contribution is 2.08. The molecule has 0 spiro atoms. The molecular weight excluding hydrogens is 340 g/mol. The molecule has 0 radical (unpaired) electrons. The lowest BCUT2D eigenvalue weighted by Crippen LogP contribution is -2.30. The highest BCUT2D eigenvalue weighted by molar-refractivity contribution is 5.92. The van der Waals surface area contributed by atoms with Gasteiger partial charge in [0.25, 0.3) is 5.91 Å². The van der Waals surface area contributed by atoms with Crippen LogP contribution in [0.25, 0.3) is 0 Å². The number of H-pyrrole nitrogens is 1. The first-order valence-corrected chi connectivity index (χ1v) is 8.88. The summed E-state index contributed by atoms with van der Waals surface area (Å²) in [4.78, 5) is 24.0. The third kappa shape index (κ3) is 5.81. The van der Waals surface area contributed by atoms with Gasteiger partial charge in [0.2, 0.25) is 5.91 Å². The zero-order valence-electron chi connectivity index (χ0n) is 14.9. The number of aromatic amines is 1. The Morgan fingerprint density at radius 1 is 0.889 bits per heavy atom. The Hall–Kier alpha value is -3.41. The molecule has 0 aliphatic rings. The van der Waals surface area contributed by atoms with Crippen molar-refractivity contribution in [3.63, 3.8) is 0 Å². The number of amides is 2. The van der Waals surface area contributed by atoms with Gasteiger partial charge >= 0.3 is 0 Å². The van der Waals surface area contributed by atoms with Gasteiger partial charge in [-0.25, -0.2) is 0 Å². The molecule has 27 heavy (non-hydrogen) atoms. The Morgan fingerprint density at radius 3 is 2.26 bits per heavy atom. The first-order chi connectivity index (χ1) is 13.2. The third-order valence-corrected chi connectivity index (χ3v) is 4.07.